The minimum atomic E-state index is -0.947. The van der Waals surface area contributed by atoms with E-state index in [2.05, 4.69) is 4.98 Å². The van der Waals surface area contributed by atoms with Crippen LogP contribution in [-0.4, -0.2) is 40.0 Å². The predicted octanol–water partition coefficient (Wildman–Crippen LogP) is 1.72. The summed E-state index contributed by atoms with van der Waals surface area (Å²) in [6.07, 6.45) is 5.58. The summed E-state index contributed by atoms with van der Waals surface area (Å²) in [6.45, 7) is 1.76. The quantitative estimate of drug-likeness (QED) is 0.877. The maximum Gasteiger partial charge on any atom is 0.335 e. The van der Waals surface area contributed by atoms with Crippen molar-refractivity contribution in [1.29, 1.82) is 0 Å². The molecule has 5 heteroatoms. The number of nitrogens with zero attached hydrogens (tertiary/aromatic N) is 2. The number of rotatable bonds is 5. The van der Waals surface area contributed by atoms with E-state index in [4.69, 9.17) is 5.11 Å². The van der Waals surface area contributed by atoms with Crippen molar-refractivity contribution < 1.29 is 14.7 Å². The van der Waals surface area contributed by atoms with Gasteiger partial charge in [0.15, 0.2) is 0 Å². The Labute approximate surface area is 112 Å². The number of carboxylic acid groups (broad SMARTS) is 1. The van der Waals surface area contributed by atoms with Crippen molar-refractivity contribution >= 4 is 11.9 Å². The number of hydrogen-bond donors (Lipinski definition) is 1. The van der Waals surface area contributed by atoms with Crippen LogP contribution in [0.25, 0.3) is 0 Å². The minimum absolute atomic E-state index is 0.201. The van der Waals surface area contributed by atoms with Gasteiger partial charge in [-0.3, -0.25) is 9.78 Å². The number of aromatic carboxylic acids is 1. The summed E-state index contributed by atoms with van der Waals surface area (Å²) in [5, 5.41) is 8.88. The van der Waals surface area contributed by atoms with Crippen LogP contribution < -0.4 is 0 Å². The van der Waals surface area contributed by atoms with Crippen molar-refractivity contribution in [3.8, 4) is 0 Å². The van der Waals surface area contributed by atoms with E-state index >= 15 is 0 Å². The summed E-state index contributed by atoms with van der Waals surface area (Å²) >= 11 is 0. The second-order valence-electron chi connectivity index (χ2n) is 4.78. The summed E-state index contributed by atoms with van der Waals surface area (Å²) in [5.41, 5.74) is 0.977. The third-order valence-corrected chi connectivity index (χ3v) is 3.35. The molecule has 0 bridgehead atoms. The Morgan fingerprint density at radius 1 is 1.32 bits per heavy atom. The first kappa shape index (κ1) is 13.5. The Kier molecular flexibility index (Phi) is 4.49. The highest BCUT2D eigenvalue weighted by Crippen LogP contribution is 2.11. The highest BCUT2D eigenvalue weighted by atomic mass is 16.4. The van der Waals surface area contributed by atoms with Gasteiger partial charge in [-0.05, 0) is 37.8 Å². The number of amides is 1. The number of carbonyl (C=O) groups is 2. The van der Waals surface area contributed by atoms with E-state index in [0.29, 0.717) is 19.3 Å². The molecule has 1 aliphatic heterocycles. The van der Waals surface area contributed by atoms with Crippen LogP contribution in [0.5, 0.6) is 0 Å². The molecule has 2 heterocycles. The molecule has 0 aliphatic carbocycles. The van der Waals surface area contributed by atoms with Crippen molar-refractivity contribution in [2.24, 2.45) is 0 Å². The van der Waals surface area contributed by atoms with Gasteiger partial charge in [0.25, 0.3) is 0 Å². The number of carboxylic acids is 1. The molecule has 0 atom stereocenters. The lowest BCUT2D eigenvalue weighted by Gasteiger charge is -2.14. The Hall–Kier alpha value is -1.91. The molecule has 5 nitrogen and oxygen atoms in total. The van der Waals surface area contributed by atoms with Gasteiger partial charge in [0.2, 0.25) is 5.91 Å². The molecule has 19 heavy (non-hydrogen) atoms. The van der Waals surface area contributed by atoms with Gasteiger partial charge in [-0.15, -0.1) is 0 Å². The number of likely N-dealkylation sites (tertiary alicyclic amines) is 1. The maximum atomic E-state index is 11.8. The van der Waals surface area contributed by atoms with E-state index in [-0.39, 0.29) is 11.5 Å². The lowest BCUT2D eigenvalue weighted by Crippen LogP contribution is -2.27. The third-order valence-electron chi connectivity index (χ3n) is 3.35. The number of aryl methyl sites for hydroxylation is 1. The minimum Gasteiger partial charge on any atom is -0.478 e. The SMILES string of the molecule is O=C(O)c1ccnc(CCCC(=O)N2CCCC2)c1. The van der Waals surface area contributed by atoms with E-state index in [1.54, 1.807) is 6.07 Å². The molecule has 1 aliphatic rings. The molecule has 1 aromatic rings. The van der Waals surface area contributed by atoms with E-state index < -0.39 is 5.97 Å². The molecule has 1 fully saturated rings. The number of pyridine rings is 1. The average Bonchev–Trinajstić information content (AvgIpc) is 2.93. The van der Waals surface area contributed by atoms with Gasteiger partial charge in [-0.1, -0.05) is 0 Å². The second-order valence-corrected chi connectivity index (χ2v) is 4.78. The van der Waals surface area contributed by atoms with Crippen LogP contribution in [0, 0.1) is 0 Å². The van der Waals surface area contributed by atoms with Gasteiger partial charge in [-0.2, -0.15) is 0 Å². The van der Waals surface area contributed by atoms with Crippen molar-refractivity contribution in [2.75, 3.05) is 13.1 Å². The Balaban J connectivity index is 1.80. The fourth-order valence-electron chi connectivity index (χ4n) is 2.29. The normalized spacial score (nSPS) is 14.6. The van der Waals surface area contributed by atoms with Crippen molar-refractivity contribution in [1.82, 2.24) is 9.88 Å². The van der Waals surface area contributed by atoms with E-state index in [9.17, 15) is 9.59 Å². The molecule has 2 rings (SSSR count). The molecule has 102 valence electrons. The van der Waals surface area contributed by atoms with Crippen molar-refractivity contribution in [3.63, 3.8) is 0 Å². The standard InChI is InChI=1S/C14H18N2O3/c17-13(16-8-1-2-9-16)5-3-4-12-10-11(14(18)19)6-7-15-12/h6-7,10H,1-5,8-9H2,(H,18,19). The summed E-state index contributed by atoms with van der Waals surface area (Å²) in [7, 11) is 0. The van der Waals surface area contributed by atoms with Gasteiger partial charge in [0, 0.05) is 31.4 Å². The summed E-state index contributed by atoms with van der Waals surface area (Å²) in [5.74, 6) is -0.747. The maximum absolute atomic E-state index is 11.8. The molecular formula is C14H18N2O3. The lowest BCUT2D eigenvalue weighted by atomic mass is 10.1. The largest absolute Gasteiger partial charge is 0.478 e. The number of aromatic nitrogens is 1. The molecule has 0 saturated carbocycles. The second kappa shape index (κ2) is 6.31. The summed E-state index contributed by atoms with van der Waals surface area (Å²) in [4.78, 5) is 28.7. The first-order valence-electron chi connectivity index (χ1n) is 6.63. The zero-order valence-corrected chi connectivity index (χ0v) is 10.8. The van der Waals surface area contributed by atoms with Gasteiger partial charge in [0.05, 0.1) is 5.56 Å². The van der Waals surface area contributed by atoms with E-state index in [1.165, 1.54) is 12.3 Å². The van der Waals surface area contributed by atoms with Crippen LogP contribution in [0.3, 0.4) is 0 Å². The Morgan fingerprint density at radius 3 is 2.74 bits per heavy atom. The van der Waals surface area contributed by atoms with Crippen molar-refractivity contribution in [3.05, 3.63) is 29.6 Å². The topological polar surface area (TPSA) is 70.5 Å². The molecule has 0 aromatic carbocycles. The van der Waals surface area contributed by atoms with Gasteiger partial charge in [-0.25, -0.2) is 4.79 Å². The molecule has 1 N–H and O–H groups in total. The highest BCUT2D eigenvalue weighted by Gasteiger charge is 2.17. The summed E-state index contributed by atoms with van der Waals surface area (Å²) < 4.78 is 0. The van der Waals surface area contributed by atoms with Crippen molar-refractivity contribution in [2.45, 2.75) is 32.1 Å². The van der Waals surface area contributed by atoms with Crippen LogP contribution in [0.4, 0.5) is 0 Å². The third kappa shape index (κ3) is 3.77. The molecule has 1 saturated heterocycles. The highest BCUT2D eigenvalue weighted by molar-refractivity contribution is 5.87. The zero-order valence-electron chi connectivity index (χ0n) is 10.8. The number of hydrogen-bond acceptors (Lipinski definition) is 3. The molecular weight excluding hydrogens is 244 g/mol. The predicted molar refractivity (Wildman–Crippen MR) is 69.9 cm³/mol. The molecule has 0 spiro atoms. The molecule has 1 aromatic heterocycles. The van der Waals surface area contributed by atoms with E-state index in [1.807, 2.05) is 4.90 Å². The first-order chi connectivity index (χ1) is 9.16. The number of carbonyl (C=O) groups excluding carboxylic acids is 1. The lowest BCUT2D eigenvalue weighted by molar-refractivity contribution is -0.130. The molecule has 0 unspecified atom stereocenters. The van der Waals surface area contributed by atoms with Crippen LogP contribution in [0.2, 0.25) is 0 Å². The van der Waals surface area contributed by atoms with E-state index in [0.717, 1.165) is 31.6 Å². The van der Waals surface area contributed by atoms with Crippen LogP contribution in [0.15, 0.2) is 18.3 Å². The average molecular weight is 262 g/mol. The zero-order chi connectivity index (χ0) is 13.7. The fraction of sp³-hybridized carbons (Fsp3) is 0.500. The van der Waals surface area contributed by atoms with Crippen LogP contribution >= 0.6 is 0 Å². The first-order valence-corrected chi connectivity index (χ1v) is 6.63. The van der Waals surface area contributed by atoms with Gasteiger partial charge in [0.1, 0.15) is 0 Å². The van der Waals surface area contributed by atoms with Crippen LogP contribution in [-0.2, 0) is 11.2 Å². The Bertz CT molecular complexity index is 468. The smallest absolute Gasteiger partial charge is 0.335 e. The fourth-order valence-corrected chi connectivity index (χ4v) is 2.29. The monoisotopic (exact) mass is 262 g/mol. The molecule has 1 amide bonds. The summed E-state index contributed by atoms with van der Waals surface area (Å²) in [6, 6.07) is 3.05. The van der Waals surface area contributed by atoms with Gasteiger partial charge >= 0.3 is 5.97 Å². The van der Waals surface area contributed by atoms with Crippen LogP contribution in [0.1, 0.15) is 41.7 Å². The Morgan fingerprint density at radius 2 is 2.05 bits per heavy atom. The van der Waals surface area contributed by atoms with Gasteiger partial charge < -0.3 is 10.0 Å². The molecule has 0 radical (unpaired) electrons.